The molecule has 8 heteroatoms. The van der Waals surface area contributed by atoms with Crippen molar-refractivity contribution in [3.63, 3.8) is 0 Å². The lowest BCUT2D eigenvalue weighted by Gasteiger charge is -2.07. The molecule has 0 fully saturated rings. The molecular formula is C20H15ClN4O3. The molecule has 2 N–H and O–H groups in total. The molecule has 28 heavy (non-hydrogen) atoms. The molecule has 140 valence electrons. The van der Waals surface area contributed by atoms with Crippen LogP contribution in [0.2, 0.25) is 5.02 Å². The summed E-state index contributed by atoms with van der Waals surface area (Å²) in [6, 6.07) is 11.7. The number of carbonyl (C=O) groups excluding carboxylic acids is 1. The fourth-order valence-corrected chi connectivity index (χ4v) is 3.04. The van der Waals surface area contributed by atoms with Crippen molar-refractivity contribution in [2.24, 2.45) is 0 Å². The number of fused-ring (bicyclic) bond motifs is 1. The normalized spacial score (nSPS) is 10.8. The molecule has 0 radical (unpaired) electrons. The number of carbonyl (C=O) groups is 1. The largest absolute Gasteiger partial charge is 0.504 e. The maximum atomic E-state index is 12.7. The highest BCUT2D eigenvalue weighted by atomic mass is 35.5. The summed E-state index contributed by atoms with van der Waals surface area (Å²) in [6.45, 7) is 0. The molecule has 0 spiro atoms. The Bertz CT molecular complexity index is 1190. The van der Waals surface area contributed by atoms with Crippen LogP contribution < -0.4 is 10.1 Å². The topological polar surface area (TPSA) is 88.8 Å². The number of rotatable bonds is 4. The number of anilines is 1. The number of aromatic hydroxyl groups is 1. The van der Waals surface area contributed by atoms with Crippen LogP contribution in [0.5, 0.6) is 11.5 Å². The molecule has 0 bridgehead atoms. The molecule has 3 aromatic heterocycles. The average Bonchev–Trinajstić information content (AvgIpc) is 3.13. The van der Waals surface area contributed by atoms with Crippen LogP contribution in [0, 0.1) is 0 Å². The first kappa shape index (κ1) is 17.8. The van der Waals surface area contributed by atoms with Crippen molar-refractivity contribution in [3.05, 3.63) is 71.6 Å². The SMILES string of the molecule is COc1ccc(Cl)cc1-c1cn2cccc(C(=O)Nc3ncccc3O)c2n1. The predicted octanol–water partition coefficient (Wildman–Crippen LogP) is 4.02. The fraction of sp³-hybridized carbons (Fsp3) is 0.0500. The van der Waals surface area contributed by atoms with Crippen molar-refractivity contribution >= 4 is 29.0 Å². The number of nitrogens with zero attached hydrogens (tertiary/aromatic N) is 3. The Morgan fingerprint density at radius 1 is 1.25 bits per heavy atom. The third-order valence-electron chi connectivity index (χ3n) is 4.18. The molecule has 0 aliphatic carbocycles. The van der Waals surface area contributed by atoms with Crippen molar-refractivity contribution in [1.82, 2.24) is 14.4 Å². The molecule has 0 unspecified atom stereocenters. The summed E-state index contributed by atoms with van der Waals surface area (Å²) in [5.41, 5.74) is 2.11. The van der Waals surface area contributed by atoms with E-state index in [1.54, 1.807) is 60.3 Å². The smallest absolute Gasteiger partial charge is 0.260 e. The van der Waals surface area contributed by atoms with E-state index in [0.717, 1.165) is 0 Å². The van der Waals surface area contributed by atoms with Gasteiger partial charge in [0.25, 0.3) is 5.91 Å². The van der Waals surface area contributed by atoms with E-state index in [-0.39, 0.29) is 11.6 Å². The summed E-state index contributed by atoms with van der Waals surface area (Å²) in [7, 11) is 1.57. The summed E-state index contributed by atoms with van der Waals surface area (Å²) in [6.07, 6.45) is 5.06. The number of benzene rings is 1. The van der Waals surface area contributed by atoms with Gasteiger partial charge in [-0.2, -0.15) is 0 Å². The Kier molecular flexibility index (Phi) is 4.58. The van der Waals surface area contributed by atoms with Crippen LogP contribution in [0.4, 0.5) is 5.82 Å². The number of aromatic nitrogens is 3. The first-order chi connectivity index (χ1) is 13.6. The number of pyridine rings is 2. The van der Waals surface area contributed by atoms with Crippen molar-refractivity contribution in [3.8, 4) is 22.8 Å². The van der Waals surface area contributed by atoms with Crippen LogP contribution in [0.3, 0.4) is 0 Å². The lowest BCUT2D eigenvalue weighted by atomic mass is 10.1. The summed E-state index contributed by atoms with van der Waals surface area (Å²) in [4.78, 5) is 21.3. The van der Waals surface area contributed by atoms with E-state index < -0.39 is 5.91 Å². The second-order valence-corrected chi connectivity index (χ2v) is 6.39. The zero-order chi connectivity index (χ0) is 19.7. The zero-order valence-electron chi connectivity index (χ0n) is 14.8. The summed E-state index contributed by atoms with van der Waals surface area (Å²) in [5.74, 6) is 0.153. The Morgan fingerprint density at radius 3 is 2.89 bits per heavy atom. The van der Waals surface area contributed by atoms with Crippen LogP contribution in [0.25, 0.3) is 16.9 Å². The molecule has 0 atom stereocenters. The minimum absolute atomic E-state index is 0.0813. The lowest BCUT2D eigenvalue weighted by molar-refractivity contribution is 0.102. The van der Waals surface area contributed by atoms with Gasteiger partial charge in [0.1, 0.15) is 11.4 Å². The van der Waals surface area contributed by atoms with Crippen LogP contribution in [-0.2, 0) is 0 Å². The molecule has 0 aliphatic rings. The zero-order valence-corrected chi connectivity index (χ0v) is 15.5. The number of imidazole rings is 1. The van der Waals surface area contributed by atoms with Gasteiger partial charge in [0.05, 0.1) is 18.4 Å². The monoisotopic (exact) mass is 394 g/mol. The number of hydrogen-bond acceptors (Lipinski definition) is 5. The molecule has 4 rings (SSSR count). The highest BCUT2D eigenvalue weighted by molar-refractivity contribution is 6.31. The molecular weight excluding hydrogens is 380 g/mol. The Hall–Kier alpha value is -3.58. The fourth-order valence-electron chi connectivity index (χ4n) is 2.87. The van der Waals surface area contributed by atoms with Crippen LogP contribution in [0.15, 0.2) is 61.1 Å². The summed E-state index contributed by atoms with van der Waals surface area (Å²) >= 11 is 6.12. The quantitative estimate of drug-likeness (QED) is 0.545. The highest BCUT2D eigenvalue weighted by Crippen LogP contribution is 2.32. The molecule has 1 amide bonds. The molecule has 0 saturated carbocycles. The van der Waals surface area contributed by atoms with Crippen molar-refractivity contribution in [1.29, 1.82) is 0 Å². The number of ether oxygens (including phenoxy) is 1. The van der Waals surface area contributed by atoms with Gasteiger partial charge in [0.2, 0.25) is 0 Å². The second-order valence-electron chi connectivity index (χ2n) is 5.95. The second kappa shape index (κ2) is 7.21. The third kappa shape index (κ3) is 3.23. The maximum Gasteiger partial charge on any atom is 0.260 e. The number of halogens is 1. The number of methoxy groups -OCH3 is 1. The molecule has 7 nitrogen and oxygen atoms in total. The molecule has 0 aliphatic heterocycles. The predicted molar refractivity (Wildman–Crippen MR) is 106 cm³/mol. The van der Waals surface area contributed by atoms with Crippen LogP contribution in [0.1, 0.15) is 10.4 Å². The van der Waals surface area contributed by atoms with Crippen LogP contribution >= 0.6 is 11.6 Å². The van der Waals surface area contributed by atoms with Gasteiger partial charge in [-0.25, -0.2) is 9.97 Å². The standard InChI is InChI=1S/C20H15ClN4O3/c1-28-17-7-6-12(21)10-14(17)15-11-25-9-3-4-13(19(25)23-15)20(27)24-18-16(26)5-2-8-22-18/h2-11,26H,1H3,(H,22,24,27). The van der Waals surface area contributed by atoms with Crippen molar-refractivity contribution < 1.29 is 14.6 Å². The van der Waals surface area contributed by atoms with Gasteiger partial charge in [0, 0.05) is 29.2 Å². The molecule has 0 saturated heterocycles. The van der Waals surface area contributed by atoms with E-state index in [0.29, 0.717) is 33.2 Å². The van der Waals surface area contributed by atoms with Gasteiger partial charge in [-0.05, 0) is 42.5 Å². The Labute approximate surface area is 165 Å². The Balaban J connectivity index is 1.77. The van der Waals surface area contributed by atoms with Crippen molar-refractivity contribution in [2.45, 2.75) is 0 Å². The molecule has 1 aromatic carbocycles. The van der Waals surface area contributed by atoms with Gasteiger partial charge < -0.3 is 19.6 Å². The number of hydrogen-bond donors (Lipinski definition) is 2. The van der Waals surface area contributed by atoms with Gasteiger partial charge >= 0.3 is 0 Å². The third-order valence-corrected chi connectivity index (χ3v) is 4.42. The van der Waals surface area contributed by atoms with E-state index >= 15 is 0 Å². The van der Waals surface area contributed by atoms with E-state index in [1.165, 1.54) is 12.3 Å². The number of nitrogens with one attached hydrogen (secondary N) is 1. The molecule has 3 heterocycles. The Morgan fingerprint density at radius 2 is 2.11 bits per heavy atom. The lowest BCUT2D eigenvalue weighted by Crippen LogP contribution is -2.14. The average molecular weight is 395 g/mol. The van der Waals surface area contributed by atoms with Gasteiger partial charge in [-0.1, -0.05) is 11.6 Å². The first-order valence-corrected chi connectivity index (χ1v) is 8.71. The first-order valence-electron chi connectivity index (χ1n) is 8.34. The van der Waals surface area contributed by atoms with Gasteiger partial charge in [-0.3, -0.25) is 4.79 Å². The molecule has 4 aromatic rings. The highest BCUT2D eigenvalue weighted by Gasteiger charge is 2.17. The van der Waals surface area contributed by atoms with Gasteiger partial charge in [-0.15, -0.1) is 0 Å². The van der Waals surface area contributed by atoms with E-state index in [4.69, 9.17) is 16.3 Å². The van der Waals surface area contributed by atoms with E-state index in [2.05, 4.69) is 15.3 Å². The van der Waals surface area contributed by atoms with Crippen molar-refractivity contribution in [2.75, 3.05) is 12.4 Å². The van der Waals surface area contributed by atoms with E-state index in [9.17, 15) is 9.90 Å². The van der Waals surface area contributed by atoms with Crippen LogP contribution in [-0.4, -0.2) is 32.5 Å². The van der Waals surface area contributed by atoms with E-state index in [1.807, 2.05) is 0 Å². The summed E-state index contributed by atoms with van der Waals surface area (Å²) < 4.78 is 7.14. The minimum Gasteiger partial charge on any atom is -0.504 e. The maximum absolute atomic E-state index is 12.7. The minimum atomic E-state index is -0.435. The van der Waals surface area contributed by atoms with Gasteiger partial charge in [0.15, 0.2) is 11.6 Å². The number of amides is 1. The summed E-state index contributed by atoms with van der Waals surface area (Å²) in [5, 5.41) is 13.0.